The first-order valence-electron chi connectivity index (χ1n) is 11.8. The van der Waals surface area contributed by atoms with E-state index in [9.17, 15) is 22.4 Å². The highest BCUT2D eigenvalue weighted by molar-refractivity contribution is 7.92. The summed E-state index contributed by atoms with van der Waals surface area (Å²) < 4.78 is 52.8. The predicted octanol–water partition coefficient (Wildman–Crippen LogP) is 3.85. The molecule has 0 aliphatic heterocycles. The Hall–Kier alpha value is -3.83. The minimum absolute atomic E-state index is 0.0461. The van der Waals surface area contributed by atoms with Crippen molar-refractivity contribution in [3.63, 3.8) is 0 Å². The molecular weight excluding hydrogens is 549 g/mol. The fourth-order valence-electron chi connectivity index (χ4n) is 3.84. The van der Waals surface area contributed by atoms with E-state index in [4.69, 9.17) is 21.1 Å². The SMILES string of the molecule is CNC(=O)C(C)N(Cc1ccccc1Cl)C(=O)CN(c1ccc(F)cc1)S(=O)(=O)c1ccc(OC)c(OC)c1. The summed E-state index contributed by atoms with van der Waals surface area (Å²) in [6.07, 6.45) is 0. The van der Waals surface area contributed by atoms with Gasteiger partial charge in [-0.25, -0.2) is 12.8 Å². The fourth-order valence-corrected chi connectivity index (χ4v) is 5.47. The number of amides is 2. The van der Waals surface area contributed by atoms with Crippen LogP contribution in [0.15, 0.2) is 71.6 Å². The molecule has 1 unspecified atom stereocenters. The average molecular weight is 578 g/mol. The van der Waals surface area contributed by atoms with Crippen LogP contribution < -0.4 is 19.1 Å². The number of likely N-dealkylation sites (N-methyl/N-ethyl adjacent to an activating group) is 1. The van der Waals surface area contributed by atoms with Crippen LogP contribution in [0.3, 0.4) is 0 Å². The van der Waals surface area contributed by atoms with Crippen LogP contribution >= 0.6 is 11.6 Å². The molecule has 3 aromatic rings. The Bertz CT molecular complexity index is 1440. The fraction of sp³-hybridized carbons (Fsp3) is 0.259. The third-order valence-corrected chi connectivity index (χ3v) is 8.19. The largest absolute Gasteiger partial charge is 0.493 e. The topological polar surface area (TPSA) is 105 Å². The highest BCUT2D eigenvalue weighted by Crippen LogP contribution is 2.32. The number of ether oxygens (including phenoxy) is 2. The minimum Gasteiger partial charge on any atom is -0.493 e. The summed E-state index contributed by atoms with van der Waals surface area (Å²) in [5.74, 6) is -1.24. The Kier molecular flexibility index (Phi) is 9.76. The maximum atomic E-state index is 13.9. The summed E-state index contributed by atoms with van der Waals surface area (Å²) >= 11 is 6.31. The summed E-state index contributed by atoms with van der Waals surface area (Å²) in [7, 11) is -0.174. The number of carbonyl (C=O) groups is 2. The number of carbonyl (C=O) groups excluding carboxylic acids is 2. The van der Waals surface area contributed by atoms with Gasteiger partial charge in [0.2, 0.25) is 11.8 Å². The highest BCUT2D eigenvalue weighted by Gasteiger charge is 2.33. The molecule has 0 spiro atoms. The quantitative estimate of drug-likeness (QED) is 0.371. The Morgan fingerprint density at radius 2 is 1.64 bits per heavy atom. The van der Waals surface area contributed by atoms with Crippen LogP contribution in [0.4, 0.5) is 10.1 Å². The smallest absolute Gasteiger partial charge is 0.264 e. The van der Waals surface area contributed by atoms with Crippen LogP contribution in [-0.4, -0.2) is 59.0 Å². The van der Waals surface area contributed by atoms with E-state index in [1.165, 1.54) is 63.4 Å². The third-order valence-electron chi connectivity index (χ3n) is 6.05. The first-order valence-corrected chi connectivity index (χ1v) is 13.6. The maximum Gasteiger partial charge on any atom is 0.264 e. The number of halogens is 2. The zero-order valence-electron chi connectivity index (χ0n) is 21.9. The molecule has 12 heteroatoms. The highest BCUT2D eigenvalue weighted by atomic mass is 35.5. The van der Waals surface area contributed by atoms with Gasteiger partial charge in [0.1, 0.15) is 18.4 Å². The molecule has 0 heterocycles. The molecule has 0 bridgehead atoms. The normalized spacial score (nSPS) is 11.8. The number of sulfonamides is 1. The second-order valence-electron chi connectivity index (χ2n) is 8.41. The summed E-state index contributed by atoms with van der Waals surface area (Å²) in [5.41, 5.74) is 0.615. The number of hydrogen-bond acceptors (Lipinski definition) is 6. The molecule has 3 aromatic carbocycles. The number of benzene rings is 3. The average Bonchev–Trinajstić information content (AvgIpc) is 2.94. The summed E-state index contributed by atoms with van der Waals surface area (Å²) in [6, 6.07) is 14.5. The van der Waals surface area contributed by atoms with Crippen LogP contribution in [0, 0.1) is 5.82 Å². The lowest BCUT2D eigenvalue weighted by atomic mass is 10.1. The van der Waals surface area contributed by atoms with Crippen LogP contribution in [0.5, 0.6) is 11.5 Å². The molecule has 0 radical (unpaired) electrons. The van der Waals surface area contributed by atoms with Crippen molar-refractivity contribution in [2.24, 2.45) is 0 Å². The summed E-state index contributed by atoms with van der Waals surface area (Å²) in [5, 5.41) is 2.89. The Morgan fingerprint density at radius 3 is 2.23 bits per heavy atom. The zero-order valence-corrected chi connectivity index (χ0v) is 23.4. The monoisotopic (exact) mass is 577 g/mol. The van der Waals surface area contributed by atoms with E-state index in [1.807, 2.05) is 0 Å². The van der Waals surface area contributed by atoms with Crippen LogP contribution in [0.1, 0.15) is 12.5 Å². The van der Waals surface area contributed by atoms with E-state index in [1.54, 1.807) is 24.3 Å². The van der Waals surface area contributed by atoms with Gasteiger partial charge < -0.3 is 19.7 Å². The van der Waals surface area contributed by atoms with Gasteiger partial charge in [0.15, 0.2) is 11.5 Å². The lowest BCUT2D eigenvalue weighted by molar-refractivity contribution is -0.139. The summed E-state index contributed by atoms with van der Waals surface area (Å²) in [4.78, 5) is 27.3. The van der Waals surface area contributed by atoms with Gasteiger partial charge in [-0.15, -0.1) is 0 Å². The van der Waals surface area contributed by atoms with E-state index in [0.29, 0.717) is 16.3 Å². The van der Waals surface area contributed by atoms with Gasteiger partial charge in [-0.1, -0.05) is 29.8 Å². The predicted molar refractivity (Wildman–Crippen MR) is 146 cm³/mol. The molecule has 1 atom stereocenters. The number of anilines is 1. The van der Waals surface area contributed by atoms with Crippen molar-refractivity contribution >= 4 is 39.1 Å². The van der Waals surface area contributed by atoms with E-state index < -0.39 is 40.2 Å². The first-order chi connectivity index (χ1) is 18.5. The van der Waals surface area contributed by atoms with Crippen molar-refractivity contribution < 1.29 is 31.9 Å². The van der Waals surface area contributed by atoms with Crippen molar-refractivity contribution in [1.82, 2.24) is 10.2 Å². The minimum atomic E-state index is -4.38. The van der Waals surface area contributed by atoms with Crippen molar-refractivity contribution in [2.45, 2.75) is 24.4 Å². The molecule has 3 rings (SSSR count). The zero-order chi connectivity index (χ0) is 28.7. The Balaban J connectivity index is 2.08. The van der Waals surface area contributed by atoms with Gasteiger partial charge >= 0.3 is 0 Å². The molecule has 0 saturated carbocycles. The lowest BCUT2D eigenvalue weighted by Crippen LogP contribution is -2.50. The van der Waals surface area contributed by atoms with Crippen molar-refractivity contribution in [3.8, 4) is 11.5 Å². The van der Waals surface area contributed by atoms with Crippen molar-refractivity contribution in [3.05, 3.63) is 83.1 Å². The number of methoxy groups -OCH3 is 2. The van der Waals surface area contributed by atoms with Gasteiger partial charge in [-0.3, -0.25) is 13.9 Å². The standard InChI is InChI=1S/C27H29ClFN3O6S/c1-18(27(34)30-2)31(16-19-7-5-6-8-23(19)28)26(33)17-32(21-11-9-20(29)10-12-21)39(35,36)22-13-14-24(37-3)25(15-22)38-4/h5-15,18H,16-17H2,1-4H3,(H,30,34). The number of nitrogens with zero attached hydrogens (tertiary/aromatic N) is 2. The van der Waals surface area contributed by atoms with Gasteiger partial charge in [0, 0.05) is 24.7 Å². The molecule has 39 heavy (non-hydrogen) atoms. The molecule has 0 saturated heterocycles. The van der Waals surface area contributed by atoms with Crippen LogP contribution in [0.25, 0.3) is 0 Å². The Labute approximate surface area is 232 Å². The number of nitrogens with one attached hydrogen (secondary N) is 1. The van der Waals surface area contributed by atoms with E-state index in [2.05, 4.69) is 5.32 Å². The first kappa shape index (κ1) is 29.7. The molecule has 208 valence electrons. The summed E-state index contributed by atoms with van der Waals surface area (Å²) in [6.45, 7) is 0.785. The molecule has 0 aliphatic rings. The molecular formula is C27H29ClFN3O6S. The Morgan fingerprint density at radius 1 is 1.00 bits per heavy atom. The van der Waals surface area contributed by atoms with Crippen molar-refractivity contribution in [2.75, 3.05) is 32.1 Å². The lowest BCUT2D eigenvalue weighted by Gasteiger charge is -2.32. The molecule has 2 amide bonds. The molecule has 0 fully saturated rings. The van der Waals surface area contributed by atoms with Crippen molar-refractivity contribution in [1.29, 1.82) is 0 Å². The molecule has 0 aliphatic carbocycles. The maximum absolute atomic E-state index is 13.9. The molecule has 0 aromatic heterocycles. The van der Waals surface area contributed by atoms with Gasteiger partial charge in [0.05, 0.1) is 24.8 Å². The van der Waals surface area contributed by atoms with Crippen LogP contribution in [-0.2, 0) is 26.2 Å². The third kappa shape index (κ3) is 6.79. The van der Waals surface area contributed by atoms with E-state index >= 15 is 0 Å². The van der Waals surface area contributed by atoms with E-state index in [-0.39, 0.29) is 22.9 Å². The van der Waals surface area contributed by atoms with Gasteiger partial charge in [-0.05, 0) is 55.0 Å². The number of hydrogen-bond donors (Lipinski definition) is 1. The second kappa shape index (κ2) is 12.8. The van der Waals surface area contributed by atoms with Gasteiger partial charge in [-0.2, -0.15) is 0 Å². The molecule has 9 nitrogen and oxygen atoms in total. The molecule has 1 N–H and O–H groups in total. The van der Waals surface area contributed by atoms with E-state index in [0.717, 1.165) is 16.4 Å². The van der Waals surface area contributed by atoms with Crippen LogP contribution in [0.2, 0.25) is 5.02 Å². The number of rotatable bonds is 11. The second-order valence-corrected chi connectivity index (χ2v) is 10.7. The van der Waals surface area contributed by atoms with Gasteiger partial charge in [0.25, 0.3) is 10.0 Å².